The maximum Gasteiger partial charge on any atom is 0.312 e. The number of unbranched alkanes of at least 4 members (excludes halogenated alkanes) is 2. The number of hydrogen-bond donors (Lipinski definition) is 1. The fourth-order valence-corrected chi connectivity index (χ4v) is 7.11. The second-order valence-electron chi connectivity index (χ2n) is 11.2. The van der Waals surface area contributed by atoms with Crippen LogP contribution < -0.4 is 0 Å². The van der Waals surface area contributed by atoms with Gasteiger partial charge in [0, 0.05) is 12.6 Å². The van der Waals surface area contributed by atoms with E-state index in [-0.39, 0.29) is 31.1 Å². The molecule has 0 aliphatic carbocycles. The molecule has 214 valence electrons. The summed E-state index contributed by atoms with van der Waals surface area (Å²) in [4.78, 5) is 45.6. The highest BCUT2D eigenvalue weighted by molar-refractivity contribution is 5.98. The number of ether oxygens (including phenoxy) is 2. The van der Waals surface area contributed by atoms with Gasteiger partial charge in [-0.15, -0.1) is 13.2 Å². The van der Waals surface area contributed by atoms with Gasteiger partial charge in [0.25, 0.3) is 0 Å². The molecule has 0 aromatic rings. The molecule has 38 heavy (non-hydrogen) atoms. The maximum absolute atomic E-state index is 14.4. The first-order chi connectivity index (χ1) is 18.2. The van der Waals surface area contributed by atoms with Crippen molar-refractivity contribution in [2.75, 3.05) is 19.8 Å². The number of hydrogen-bond acceptors (Lipinski definition) is 6. The van der Waals surface area contributed by atoms with Gasteiger partial charge in [-0.25, -0.2) is 0 Å². The summed E-state index contributed by atoms with van der Waals surface area (Å²) < 4.78 is 12.5. The predicted octanol–water partition coefficient (Wildman–Crippen LogP) is 4.01. The van der Waals surface area contributed by atoms with E-state index in [9.17, 15) is 19.5 Å². The SMILES string of the molecule is C=CCCCCOC(=O)[C@H]1[C@H]2C(=O)N([C@@H](CC)CO)C(C(=O)N(CC=C)C(C)CCC)C23CC[C@]1(CC)O3. The number of aliphatic hydroxyl groups excluding tert-OH is 1. The van der Waals surface area contributed by atoms with Gasteiger partial charge in [0.05, 0.1) is 30.8 Å². The number of carbonyl (C=O) groups is 3. The van der Waals surface area contributed by atoms with Crippen molar-refractivity contribution in [3.05, 3.63) is 25.3 Å². The van der Waals surface area contributed by atoms with Gasteiger partial charge in [0.1, 0.15) is 17.6 Å². The molecule has 3 aliphatic heterocycles. The van der Waals surface area contributed by atoms with Crippen LogP contribution in [0.15, 0.2) is 25.3 Å². The van der Waals surface area contributed by atoms with Crippen molar-refractivity contribution < 1.29 is 29.0 Å². The summed E-state index contributed by atoms with van der Waals surface area (Å²) in [5.74, 6) is -2.48. The Hall–Kier alpha value is -2.19. The third kappa shape index (κ3) is 5.06. The zero-order valence-electron chi connectivity index (χ0n) is 23.8. The molecule has 0 saturated carbocycles. The molecule has 1 N–H and O–H groups in total. The van der Waals surface area contributed by atoms with Crippen molar-refractivity contribution in [3.63, 3.8) is 0 Å². The molecule has 3 saturated heterocycles. The number of amides is 2. The van der Waals surface area contributed by atoms with Gasteiger partial charge in [0.2, 0.25) is 11.8 Å². The van der Waals surface area contributed by atoms with E-state index in [0.29, 0.717) is 32.2 Å². The average Bonchev–Trinajstić information content (AvgIpc) is 3.51. The van der Waals surface area contributed by atoms with E-state index in [4.69, 9.17) is 9.47 Å². The van der Waals surface area contributed by atoms with Crippen LogP contribution in [-0.2, 0) is 23.9 Å². The Morgan fingerprint density at radius 2 is 1.97 bits per heavy atom. The number of nitrogens with zero attached hydrogens (tertiary/aromatic N) is 2. The van der Waals surface area contributed by atoms with Gasteiger partial charge in [0.15, 0.2) is 0 Å². The molecule has 3 rings (SSSR count). The summed E-state index contributed by atoms with van der Waals surface area (Å²) >= 11 is 0. The average molecular weight is 533 g/mol. The third-order valence-corrected chi connectivity index (χ3v) is 9.08. The summed E-state index contributed by atoms with van der Waals surface area (Å²) in [5, 5.41) is 10.3. The second-order valence-corrected chi connectivity index (χ2v) is 11.2. The highest BCUT2D eigenvalue weighted by Gasteiger charge is 2.79. The largest absolute Gasteiger partial charge is 0.465 e. The van der Waals surface area contributed by atoms with Gasteiger partial charge in [-0.3, -0.25) is 14.4 Å². The molecule has 0 radical (unpaired) electrons. The quantitative estimate of drug-likeness (QED) is 0.183. The van der Waals surface area contributed by atoms with Crippen LogP contribution in [0, 0.1) is 11.8 Å². The van der Waals surface area contributed by atoms with Gasteiger partial charge >= 0.3 is 5.97 Å². The molecule has 2 amide bonds. The molecule has 8 nitrogen and oxygen atoms in total. The van der Waals surface area contributed by atoms with Crippen molar-refractivity contribution in [1.29, 1.82) is 0 Å². The molecule has 3 aliphatic rings. The van der Waals surface area contributed by atoms with E-state index in [2.05, 4.69) is 20.1 Å². The van der Waals surface area contributed by atoms with Crippen molar-refractivity contribution in [2.45, 2.75) is 115 Å². The lowest BCUT2D eigenvalue weighted by Gasteiger charge is -2.41. The van der Waals surface area contributed by atoms with E-state index in [0.717, 1.165) is 32.1 Å². The zero-order chi connectivity index (χ0) is 28.1. The van der Waals surface area contributed by atoms with Crippen LogP contribution >= 0.6 is 0 Å². The molecule has 8 heteroatoms. The molecule has 3 unspecified atom stereocenters. The summed E-state index contributed by atoms with van der Waals surface area (Å²) in [5.41, 5.74) is -1.95. The zero-order valence-corrected chi connectivity index (χ0v) is 23.8. The Labute approximate surface area is 228 Å². The molecule has 2 bridgehead atoms. The number of allylic oxidation sites excluding steroid dienone is 1. The Balaban J connectivity index is 2.04. The summed E-state index contributed by atoms with van der Waals surface area (Å²) in [6, 6.07) is -1.50. The summed E-state index contributed by atoms with van der Waals surface area (Å²) in [7, 11) is 0. The number of rotatable bonds is 16. The van der Waals surface area contributed by atoms with Gasteiger partial charge in [-0.1, -0.05) is 39.3 Å². The number of likely N-dealkylation sites (tertiary alicyclic amines) is 1. The minimum absolute atomic E-state index is 0.0535. The summed E-state index contributed by atoms with van der Waals surface area (Å²) in [6.45, 7) is 15.9. The van der Waals surface area contributed by atoms with E-state index in [1.165, 1.54) is 0 Å². The van der Waals surface area contributed by atoms with Gasteiger partial charge < -0.3 is 24.4 Å². The number of aliphatic hydroxyl groups is 1. The lowest BCUT2D eigenvalue weighted by molar-refractivity contribution is -0.164. The van der Waals surface area contributed by atoms with E-state index >= 15 is 0 Å². The van der Waals surface area contributed by atoms with Crippen molar-refractivity contribution in [1.82, 2.24) is 9.80 Å². The summed E-state index contributed by atoms with van der Waals surface area (Å²) in [6.07, 6.45) is 9.84. The van der Waals surface area contributed by atoms with Gasteiger partial charge in [-0.2, -0.15) is 0 Å². The lowest BCUT2D eigenvalue weighted by atomic mass is 9.65. The van der Waals surface area contributed by atoms with Crippen LogP contribution in [-0.4, -0.2) is 81.8 Å². The monoisotopic (exact) mass is 532 g/mol. The van der Waals surface area contributed by atoms with Crippen molar-refractivity contribution in [2.24, 2.45) is 11.8 Å². The Bertz CT molecular complexity index is 888. The third-order valence-electron chi connectivity index (χ3n) is 9.08. The number of carbonyl (C=O) groups excluding carboxylic acids is 3. The molecular weight excluding hydrogens is 484 g/mol. The fourth-order valence-electron chi connectivity index (χ4n) is 7.11. The normalized spacial score (nSPS) is 31.1. The molecule has 1 spiro atoms. The van der Waals surface area contributed by atoms with Gasteiger partial charge in [-0.05, 0) is 58.3 Å². The first-order valence-electron chi connectivity index (χ1n) is 14.6. The van der Waals surface area contributed by atoms with Crippen LogP contribution in [0.5, 0.6) is 0 Å². The van der Waals surface area contributed by atoms with Crippen LogP contribution in [0.25, 0.3) is 0 Å². The number of esters is 1. The highest BCUT2D eigenvalue weighted by Crippen LogP contribution is 2.65. The van der Waals surface area contributed by atoms with Crippen molar-refractivity contribution in [3.8, 4) is 0 Å². The topological polar surface area (TPSA) is 96.4 Å². The number of fused-ring (bicyclic) bond motifs is 1. The molecule has 3 heterocycles. The fraction of sp³-hybridized carbons (Fsp3) is 0.767. The van der Waals surface area contributed by atoms with Crippen molar-refractivity contribution >= 4 is 17.8 Å². The molecule has 7 atom stereocenters. The Morgan fingerprint density at radius 3 is 2.55 bits per heavy atom. The minimum Gasteiger partial charge on any atom is -0.465 e. The smallest absolute Gasteiger partial charge is 0.312 e. The Kier molecular flexibility index (Phi) is 10.2. The van der Waals surface area contributed by atoms with E-state index in [1.54, 1.807) is 15.9 Å². The molecule has 3 fully saturated rings. The molecule has 0 aromatic carbocycles. The van der Waals surface area contributed by atoms with Crippen LogP contribution in [0.4, 0.5) is 0 Å². The highest BCUT2D eigenvalue weighted by atomic mass is 16.6. The van der Waals surface area contributed by atoms with Crippen LogP contribution in [0.1, 0.15) is 85.5 Å². The molecular formula is C30H48N2O6. The Morgan fingerprint density at radius 1 is 1.24 bits per heavy atom. The first-order valence-corrected chi connectivity index (χ1v) is 14.6. The van der Waals surface area contributed by atoms with Crippen LogP contribution in [0.3, 0.4) is 0 Å². The van der Waals surface area contributed by atoms with E-state index < -0.39 is 41.1 Å². The van der Waals surface area contributed by atoms with Crippen LogP contribution in [0.2, 0.25) is 0 Å². The van der Waals surface area contributed by atoms with E-state index in [1.807, 2.05) is 26.8 Å². The maximum atomic E-state index is 14.4. The second kappa shape index (κ2) is 12.8. The molecule has 0 aromatic heterocycles. The standard InChI is InChI=1S/C30H48N2O6/c1-7-12-13-14-19-37-28(36)24-23-26(34)32(22(10-4)20-33)25(30(23)17-16-29(24,11-5)38-30)27(35)31(18-9-3)21(6)15-8-2/h7,9,21-25,33H,1,3,8,10-20H2,2,4-6H3/t21?,22-,23-,24+,25?,29-,30?/m0/s1. The lowest BCUT2D eigenvalue weighted by Crippen LogP contribution is -2.60. The minimum atomic E-state index is -1.12. The first kappa shape index (κ1) is 30.4. The predicted molar refractivity (Wildman–Crippen MR) is 146 cm³/mol.